The molecule has 0 saturated carbocycles. The van der Waals surface area contributed by atoms with Crippen molar-refractivity contribution in [2.75, 3.05) is 6.61 Å². The Kier molecular flexibility index (Phi) is 3.10. The van der Waals surface area contributed by atoms with Crippen molar-refractivity contribution in [3.05, 3.63) is 11.8 Å². The van der Waals surface area contributed by atoms with E-state index in [1.54, 1.807) is 0 Å². The van der Waals surface area contributed by atoms with Crippen LogP contribution in [0.4, 0.5) is 0 Å². The summed E-state index contributed by atoms with van der Waals surface area (Å²) >= 11 is 0. The van der Waals surface area contributed by atoms with Gasteiger partial charge in [-0.05, 0) is 6.08 Å². The fraction of sp³-hybridized carbons (Fsp3) is 0.625. The summed E-state index contributed by atoms with van der Waals surface area (Å²) in [5, 5.41) is 8.42. The summed E-state index contributed by atoms with van der Waals surface area (Å²) < 4.78 is 5.19. The van der Waals surface area contributed by atoms with E-state index in [4.69, 9.17) is 15.6 Å². The van der Waals surface area contributed by atoms with Crippen LogP contribution in [0.1, 0.15) is 19.3 Å². The van der Waals surface area contributed by atoms with Crippen molar-refractivity contribution in [3.8, 4) is 0 Å². The first-order valence-corrected chi connectivity index (χ1v) is 3.97. The van der Waals surface area contributed by atoms with Crippen molar-refractivity contribution in [1.29, 1.82) is 0 Å². The van der Waals surface area contributed by atoms with Crippen LogP contribution in [-0.4, -0.2) is 23.7 Å². The average Bonchev–Trinajstić information content (AvgIpc) is 2.37. The molecule has 1 aliphatic heterocycles. The molecule has 0 radical (unpaired) electrons. The Morgan fingerprint density at radius 1 is 1.83 bits per heavy atom. The smallest absolute Gasteiger partial charge is 0.304 e. The van der Waals surface area contributed by atoms with Gasteiger partial charge in [0.25, 0.3) is 0 Å². The first-order valence-electron chi connectivity index (χ1n) is 3.97. The lowest BCUT2D eigenvalue weighted by atomic mass is 10.1. The standard InChI is InChI=1S/C8H13NO3/c9-6(5-8(10)11)4-7-2-1-3-12-7/h2,6H,1,3-5,9H2,(H,10,11)/t6-/m0/s1. The predicted molar refractivity (Wildman–Crippen MR) is 43.5 cm³/mol. The van der Waals surface area contributed by atoms with Gasteiger partial charge >= 0.3 is 5.97 Å². The van der Waals surface area contributed by atoms with Crippen LogP contribution in [0.25, 0.3) is 0 Å². The molecule has 12 heavy (non-hydrogen) atoms. The Balaban J connectivity index is 2.25. The molecule has 1 aliphatic rings. The van der Waals surface area contributed by atoms with Gasteiger partial charge in [0.05, 0.1) is 18.8 Å². The third-order valence-corrected chi connectivity index (χ3v) is 1.68. The summed E-state index contributed by atoms with van der Waals surface area (Å²) in [5.41, 5.74) is 5.55. The minimum Gasteiger partial charge on any atom is -0.498 e. The molecule has 0 aliphatic carbocycles. The lowest BCUT2D eigenvalue weighted by Gasteiger charge is -2.09. The van der Waals surface area contributed by atoms with Gasteiger partial charge in [-0.15, -0.1) is 0 Å². The second-order valence-electron chi connectivity index (χ2n) is 2.87. The molecule has 1 atom stereocenters. The summed E-state index contributed by atoms with van der Waals surface area (Å²) in [7, 11) is 0. The number of ether oxygens (including phenoxy) is 1. The maximum Gasteiger partial charge on any atom is 0.304 e. The maximum absolute atomic E-state index is 10.2. The van der Waals surface area contributed by atoms with Gasteiger partial charge in [0, 0.05) is 18.9 Å². The highest BCUT2D eigenvalue weighted by atomic mass is 16.5. The van der Waals surface area contributed by atoms with Crippen molar-refractivity contribution in [2.24, 2.45) is 5.73 Å². The van der Waals surface area contributed by atoms with Crippen LogP contribution in [0, 0.1) is 0 Å². The lowest BCUT2D eigenvalue weighted by Crippen LogP contribution is -2.24. The number of aliphatic carboxylic acids is 1. The molecular formula is C8H13NO3. The number of carbonyl (C=O) groups is 1. The fourth-order valence-corrected chi connectivity index (χ4v) is 1.17. The van der Waals surface area contributed by atoms with E-state index in [-0.39, 0.29) is 12.5 Å². The highest BCUT2D eigenvalue weighted by Crippen LogP contribution is 2.15. The summed E-state index contributed by atoms with van der Waals surface area (Å²) in [6.07, 6.45) is 3.41. The molecule has 0 aromatic carbocycles. The van der Waals surface area contributed by atoms with Crippen LogP contribution in [0.2, 0.25) is 0 Å². The normalized spacial score (nSPS) is 18.2. The van der Waals surface area contributed by atoms with Crippen LogP contribution in [-0.2, 0) is 9.53 Å². The van der Waals surface area contributed by atoms with Crippen LogP contribution >= 0.6 is 0 Å². The monoisotopic (exact) mass is 171 g/mol. The molecule has 0 amide bonds. The van der Waals surface area contributed by atoms with Crippen molar-refractivity contribution in [3.63, 3.8) is 0 Å². The number of rotatable bonds is 4. The molecule has 0 fully saturated rings. The van der Waals surface area contributed by atoms with Gasteiger partial charge in [-0.3, -0.25) is 4.79 Å². The van der Waals surface area contributed by atoms with E-state index in [1.807, 2.05) is 6.08 Å². The zero-order valence-electron chi connectivity index (χ0n) is 6.82. The number of hydrogen-bond donors (Lipinski definition) is 2. The molecule has 4 nitrogen and oxygen atoms in total. The van der Waals surface area contributed by atoms with E-state index < -0.39 is 5.97 Å². The molecule has 0 spiro atoms. The molecule has 3 N–H and O–H groups in total. The zero-order valence-corrected chi connectivity index (χ0v) is 6.82. The Morgan fingerprint density at radius 3 is 3.08 bits per heavy atom. The van der Waals surface area contributed by atoms with E-state index in [1.165, 1.54) is 0 Å². The molecule has 1 heterocycles. The van der Waals surface area contributed by atoms with Gasteiger partial charge in [-0.1, -0.05) is 0 Å². The lowest BCUT2D eigenvalue weighted by molar-refractivity contribution is -0.137. The van der Waals surface area contributed by atoms with E-state index >= 15 is 0 Å². The molecule has 0 aromatic rings. The molecular weight excluding hydrogens is 158 g/mol. The van der Waals surface area contributed by atoms with E-state index in [0.717, 1.165) is 12.2 Å². The minimum absolute atomic E-state index is 0.000694. The fourth-order valence-electron chi connectivity index (χ4n) is 1.17. The molecule has 68 valence electrons. The van der Waals surface area contributed by atoms with Gasteiger partial charge in [-0.2, -0.15) is 0 Å². The number of hydrogen-bond acceptors (Lipinski definition) is 3. The first kappa shape index (κ1) is 9.06. The van der Waals surface area contributed by atoms with Gasteiger partial charge in [0.2, 0.25) is 0 Å². The molecule has 0 saturated heterocycles. The summed E-state index contributed by atoms with van der Waals surface area (Å²) in [5.74, 6) is -0.0233. The quantitative estimate of drug-likeness (QED) is 0.645. The second kappa shape index (κ2) is 4.11. The Labute approximate surface area is 71.0 Å². The highest BCUT2D eigenvalue weighted by molar-refractivity contribution is 5.67. The highest BCUT2D eigenvalue weighted by Gasteiger charge is 2.13. The van der Waals surface area contributed by atoms with Crippen molar-refractivity contribution in [2.45, 2.75) is 25.3 Å². The third kappa shape index (κ3) is 2.92. The summed E-state index contributed by atoms with van der Waals surface area (Å²) in [6.45, 7) is 0.703. The summed E-state index contributed by atoms with van der Waals surface area (Å²) in [6, 6.07) is -0.327. The maximum atomic E-state index is 10.2. The van der Waals surface area contributed by atoms with Gasteiger partial charge < -0.3 is 15.6 Å². The van der Waals surface area contributed by atoms with Crippen LogP contribution < -0.4 is 5.73 Å². The minimum atomic E-state index is -0.860. The molecule has 0 bridgehead atoms. The van der Waals surface area contributed by atoms with Crippen molar-refractivity contribution in [1.82, 2.24) is 0 Å². The van der Waals surface area contributed by atoms with Crippen molar-refractivity contribution < 1.29 is 14.6 Å². The zero-order chi connectivity index (χ0) is 8.97. The molecule has 0 aromatic heterocycles. The molecule has 4 heteroatoms. The summed E-state index contributed by atoms with van der Waals surface area (Å²) in [4.78, 5) is 10.2. The average molecular weight is 171 g/mol. The second-order valence-corrected chi connectivity index (χ2v) is 2.87. The Morgan fingerprint density at radius 2 is 2.58 bits per heavy atom. The number of carboxylic acid groups (broad SMARTS) is 1. The van der Waals surface area contributed by atoms with Gasteiger partial charge in [-0.25, -0.2) is 0 Å². The molecule has 1 rings (SSSR count). The Bertz CT molecular complexity index is 200. The molecule has 0 unspecified atom stereocenters. The van der Waals surface area contributed by atoms with E-state index in [0.29, 0.717) is 13.0 Å². The third-order valence-electron chi connectivity index (χ3n) is 1.68. The number of nitrogens with two attached hydrogens (primary N) is 1. The van der Waals surface area contributed by atoms with E-state index in [9.17, 15) is 4.79 Å². The number of carboxylic acids is 1. The van der Waals surface area contributed by atoms with Crippen LogP contribution in [0.15, 0.2) is 11.8 Å². The van der Waals surface area contributed by atoms with Crippen molar-refractivity contribution >= 4 is 5.97 Å². The SMILES string of the molecule is N[C@H](CC(=O)O)CC1=CCCO1. The van der Waals surface area contributed by atoms with Crippen LogP contribution in [0.3, 0.4) is 0 Å². The Hall–Kier alpha value is -1.03. The first-order chi connectivity index (χ1) is 5.68. The van der Waals surface area contributed by atoms with Crippen LogP contribution in [0.5, 0.6) is 0 Å². The van der Waals surface area contributed by atoms with Gasteiger partial charge in [0.15, 0.2) is 0 Å². The topological polar surface area (TPSA) is 72.6 Å². The van der Waals surface area contributed by atoms with Gasteiger partial charge in [0.1, 0.15) is 0 Å². The largest absolute Gasteiger partial charge is 0.498 e. The van der Waals surface area contributed by atoms with E-state index in [2.05, 4.69) is 0 Å². The predicted octanol–water partition coefficient (Wildman–Crippen LogP) is 0.483.